The Hall–Kier alpha value is -1.13. The van der Waals surface area contributed by atoms with Crippen molar-refractivity contribution in [2.45, 2.75) is 24.8 Å². The van der Waals surface area contributed by atoms with Gasteiger partial charge in [-0.2, -0.15) is 5.26 Å². The summed E-state index contributed by atoms with van der Waals surface area (Å²) in [5.74, 6) is 0. The molecule has 0 radical (unpaired) electrons. The molecule has 0 aliphatic heterocycles. The molecule has 0 bridgehead atoms. The van der Waals surface area contributed by atoms with Crippen LogP contribution < -0.4 is 10.5 Å². The van der Waals surface area contributed by atoms with E-state index in [1.165, 1.54) is 18.2 Å². The molecule has 0 aliphatic rings. The molecule has 18 heavy (non-hydrogen) atoms. The number of benzene rings is 1. The highest BCUT2D eigenvalue weighted by molar-refractivity contribution is 7.89. The van der Waals surface area contributed by atoms with Crippen LogP contribution in [0.25, 0.3) is 0 Å². The Kier molecular flexibility index (Phi) is 6.29. The molecule has 1 aromatic carbocycles. The topological polar surface area (TPSA) is 96.0 Å². The second-order valence-corrected chi connectivity index (χ2v) is 5.56. The fourth-order valence-corrected chi connectivity index (χ4v) is 2.65. The number of hydrogen-bond acceptors (Lipinski definition) is 4. The Morgan fingerprint density at radius 3 is 2.56 bits per heavy atom. The molecule has 1 rings (SSSR count). The second kappa shape index (κ2) is 6.71. The van der Waals surface area contributed by atoms with Crippen molar-refractivity contribution in [3.63, 3.8) is 0 Å². The summed E-state index contributed by atoms with van der Waals surface area (Å²) in [6.07, 6.45) is 0. The average molecular weight is 290 g/mol. The third-order valence-corrected chi connectivity index (χ3v) is 3.93. The Morgan fingerprint density at radius 1 is 1.50 bits per heavy atom. The molecule has 3 N–H and O–H groups in total. The fourth-order valence-electron chi connectivity index (χ4n) is 1.31. The summed E-state index contributed by atoms with van der Waals surface area (Å²) in [4.78, 5) is 0.147. The van der Waals surface area contributed by atoms with Crippen molar-refractivity contribution < 1.29 is 8.42 Å². The highest BCUT2D eigenvalue weighted by Crippen LogP contribution is 2.14. The molecule has 0 aromatic heterocycles. The number of nitrogens with one attached hydrogen (secondary N) is 1. The lowest BCUT2D eigenvalue weighted by Crippen LogP contribution is -2.37. The fraction of sp³-hybridized carbons (Fsp3) is 0.364. The maximum absolute atomic E-state index is 11.9. The van der Waals surface area contributed by atoms with Crippen molar-refractivity contribution in [2.75, 3.05) is 6.54 Å². The smallest absolute Gasteiger partial charge is 0.240 e. The summed E-state index contributed by atoms with van der Waals surface area (Å²) in [5.41, 5.74) is 6.47. The van der Waals surface area contributed by atoms with Gasteiger partial charge in [-0.15, -0.1) is 12.4 Å². The molecule has 0 heterocycles. The molecule has 0 spiro atoms. The van der Waals surface area contributed by atoms with Crippen LogP contribution in [0.3, 0.4) is 0 Å². The van der Waals surface area contributed by atoms with Crippen molar-refractivity contribution in [1.82, 2.24) is 4.72 Å². The highest BCUT2D eigenvalue weighted by Gasteiger charge is 2.17. The van der Waals surface area contributed by atoms with E-state index in [0.717, 1.165) is 0 Å². The minimum atomic E-state index is -3.56. The molecular weight excluding hydrogens is 274 g/mol. The molecular formula is C11H16ClN3O2S. The van der Waals surface area contributed by atoms with E-state index in [2.05, 4.69) is 4.72 Å². The quantitative estimate of drug-likeness (QED) is 0.861. The lowest BCUT2D eigenvalue weighted by atomic mass is 10.1. The molecule has 0 saturated heterocycles. The molecule has 0 unspecified atom stereocenters. The molecule has 5 nitrogen and oxygen atoms in total. The number of nitrogens with zero attached hydrogens (tertiary/aromatic N) is 1. The van der Waals surface area contributed by atoms with E-state index in [1.54, 1.807) is 13.8 Å². The predicted molar refractivity (Wildman–Crippen MR) is 72.0 cm³/mol. The van der Waals surface area contributed by atoms with Crippen LogP contribution in [-0.4, -0.2) is 21.0 Å². The molecule has 0 fully saturated rings. The number of halogens is 1. The van der Waals surface area contributed by atoms with Crippen LogP contribution in [-0.2, 0) is 10.0 Å². The van der Waals surface area contributed by atoms with Crippen molar-refractivity contribution in [1.29, 1.82) is 5.26 Å². The molecule has 7 heteroatoms. The Bertz CT molecular complexity index is 552. The van der Waals surface area contributed by atoms with Gasteiger partial charge in [0.15, 0.2) is 0 Å². The van der Waals surface area contributed by atoms with E-state index in [9.17, 15) is 8.42 Å². The Morgan fingerprint density at radius 2 is 2.11 bits per heavy atom. The number of sulfonamides is 1. The molecule has 1 aromatic rings. The maximum Gasteiger partial charge on any atom is 0.240 e. The van der Waals surface area contributed by atoms with Gasteiger partial charge in [0, 0.05) is 12.6 Å². The van der Waals surface area contributed by atoms with E-state index >= 15 is 0 Å². The molecule has 0 aliphatic carbocycles. The van der Waals surface area contributed by atoms with Gasteiger partial charge in [0.25, 0.3) is 0 Å². The van der Waals surface area contributed by atoms with E-state index in [1.807, 2.05) is 6.07 Å². The van der Waals surface area contributed by atoms with Crippen LogP contribution in [0, 0.1) is 18.3 Å². The van der Waals surface area contributed by atoms with E-state index < -0.39 is 10.0 Å². The second-order valence-electron chi connectivity index (χ2n) is 3.85. The van der Waals surface area contributed by atoms with E-state index in [-0.39, 0.29) is 29.9 Å². The molecule has 1 atom stereocenters. The Labute approximate surface area is 113 Å². The zero-order valence-corrected chi connectivity index (χ0v) is 11.8. The minimum absolute atomic E-state index is 0. The van der Waals surface area contributed by atoms with E-state index in [4.69, 9.17) is 11.0 Å². The minimum Gasteiger partial charge on any atom is -0.329 e. The first-order chi connectivity index (χ1) is 7.90. The van der Waals surface area contributed by atoms with E-state index in [0.29, 0.717) is 11.1 Å². The van der Waals surface area contributed by atoms with Crippen molar-refractivity contribution in [2.24, 2.45) is 5.73 Å². The monoisotopic (exact) mass is 289 g/mol. The third-order valence-electron chi connectivity index (χ3n) is 2.34. The number of nitrogens with two attached hydrogens (primary N) is 1. The van der Waals surface area contributed by atoms with Gasteiger partial charge < -0.3 is 5.73 Å². The molecule has 0 saturated carbocycles. The van der Waals surface area contributed by atoms with Crippen LogP contribution in [0.5, 0.6) is 0 Å². The maximum atomic E-state index is 11.9. The Balaban J connectivity index is 0.00000289. The van der Waals surface area contributed by atoms with Crippen molar-refractivity contribution >= 4 is 22.4 Å². The SMILES string of the molecule is Cc1cc(S(=O)(=O)N[C@H](C)CN)ccc1C#N.Cl. The number of aryl methyl sites for hydroxylation is 1. The first-order valence-corrected chi connectivity index (χ1v) is 6.62. The highest BCUT2D eigenvalue weighted by atomic mass is 35.5. The van der Waals surface area contributed by atoms with Crippen molar-refractivity contribution in [3.8, 4) is 6.07 Å². The van der Waals surface area contributed by atoms with Gasteiger partial charge in [0.1, 0.15) is 0 Å². The normalized spacial score (nSPS) is 12.3. The summed E-state index contributed by atoms with van der Waals surface area (Å²) in [5, 5.41) is 8.76. The van der Waals surface area contributed by atoms with Gasteiger partial charge in [0.2, 0.25) is 10.0 Å². The summed E-state index contributed by atoms with van der Waals surface area (Å²) in [7, 11) is -3.56. The standard InChI is InChI=1S/C11H15N3O2S.ClH/c1-8-5-11(4-3-10(8)7-13)17(15,16)14-9(2)6-12;/h3-5,9,14H,6,12H2,1-2H3;1H/t9-;/m1./s1. The first kappa shape index (κ1) is 16.9. The zero-order valence-electron chi connectivity index (χ0n) is 10.2. The molecule has 100 valence electrons. The van der Waals surface area contributed by atoms with Gasteiger partial charge in [0.05, 0.1) is 16.5 Å². The summed E-state index contributed by atoms with van der Waals surface area (Å²) in [6, 6.07) is 6.05. The zero-order chi connectivity index (χ0) is 13.1. The van der Waals surface area contributed by atoms with Gasteiger partial charge in [-0.05, 0) is 37.6 Å². The number of rotatable bonds is 4. The van der Waals surface area contributed by atoms with Crippen LogP contribution in [0.15, 0.2) is 23.1 Å². The average Bonchev–Trinajstić information content (AvgIpc) is 2.28. The lowest BCUT2D eigenvalue weighted by Gasteiger charge is -2.12. The first-order valence-electron chi connectivity index (χ1n) is 5.14. The van der Waals surface area contributed by atoms with Gasteiger partial charge in [-0.3, -0.25) is 0 Å². The van der Waals surface area contributed by atoms with Gasteiger partial charge in [-0.25, -0.2) is 13.1 Å². The summed E-state index contributed by atoms with van der Waals surface area (Å²) >= 11 is 0. The van der Waals surface area contributed by atoms with Crippen LogP contribution in [0.1, 0.15) is 18.1 Å². The van der Waals surface area contributed by atoms with Crippen LogP contribution in [0.4, 0.5) is 0 Å². The van der Waals surface area contributed by atoms with Gasteiger partial charge in [-0.1, -0.05) is 0 Å². The van der Waals surface area contributed by atoms with Crippen LogP contribution in [0.2, 0.25) is 0 Å². The summed E-state index contributed by atoms with van der Waals surface area (Å²) < 4.78 is 26.3. The third kappa shape index (κ3) is 3.96. The van der Waals surface area contributed by atoms with Gasteiger partial charge >= 0.3 is 0 Å². The largest absolute Gasteiger partial charge is 0.329 e. The van der Waals surface area contributed by atoms with Crippen molar-refractivity contribution in [3.05, 3.63) is 29.3 Å². The number of nitriles is 1. The molecule has 0 amide bonds. The lowest BCUT2D eigenvalue weighted by molar-refractivity contribution is 0.562. The number of hydrogen-bond donors (Lipinski definition) is 2. The van der Waals surface area contributed by atoms with Crippen LogP contribution >= 0.6 is 12.4 Å². The summed E-state index contributed by atoms with van der Waals surface area (Å²) in [6.45, 7) is 3.62. The predicted octanol–water partition coefficient (Wildman–Crippen LogP) is 0.914.